The molecule has 0 unspecified atom stereocenters. The second kappa shape index (κ2) is 10.2. The minimum Gasteiger partial charge on any atom is -0.360 e. The maximum atomic E-state index is 13.0. The normalized spacial score (nSPS) is 11.4. The van der Waals surface area contributed by atoms with Crippen LogP contribution in [0.5, 0.6) is 0 Å². The van der Waals surface area contributed by atoms with E-state index in [0.29, 0.717) is 12.5 Å². The van der Waals surface area contributed by atoms with Crippen LogP contribution >= 0.6 is 0 Å². The Labute approximate surface area is 148 Å². The van der Waals surface area contributed by atoms with Crippen LogP contribution in [-0.2, 0) is 24.4 Å². The van der Waals surface area contributed by atoms with Gasteiger partial charge in [-0.3, -0.25) is 4.90 Å². The molecule has 6 heteroatoms. The van der Waals surface area contributed by atoms with Crippen molar-refractivity contribution in [3.63, 3.8) is 0 Å². The largest absolute Gasteiger partial charge is 0.360 e. The summed E-state index contributed by atoms with van der Waals surface area (Å²) < 4.78 is 18.2. The Morgan fingerprint density at radius 1 is 1.08 bits per heavy atom. The molecule has 0 radical (unpaired) electrons. The number of hydrogen-bond donors (Lipinski definition) is 2. The third-order valence-corrected chi connectivity index (χ3v) is 3.68. The first-order chi connectivity index (χ1) is 12.1. The molecular formula is C19H26FN3O2. The van der Waals surface area contributed by atoms with Crippen molar-refractivity contribution >= 4 is 0 Å². The number of rotatable bonds is 10. The van der Waals surface area contributed by atoms with E-state index in [9.17, 15) is 4.39 Å². The van der Waals surface area contributed by atoms with Crippen molar-refractivity contribution < 1.29 is 14.3 Å². The molecule has 1 heterocycles. The molecule has 0 atom stereocenters. The van der Waals surface area contributed by atoms with Crippen LogP contribution in [0.3, 0.4) is 0 Å². The molecule has 25 heavy (non-hydrogen) atoms. The van der Waals surface area contributed by atoms with Gasteiger partial charge in [0.05, 0.1) is 6.61 Å². The summed E-state index contributed by atoms with van der Waals surface area (Å²) in [4.78, 5) is 6.07. The Kier molecular flexibility index (Phi) is 7.94. The van der Waals surface area contributed by atoms with E-state index in [1.807, 2.05) is 17.6 Å². The monoisotopic (exact) mass is 347 g/mol. The standard InChI is InChI=1S/C19H26FN3O2/c1-15(2)10-23(12-18-7-8-19(20)21-9-18)11-16-3-5-17(6-4-16)13-25-14-22-24/h3-9,15,22,24H,10-14H2,1-2H3. The van der Waals surface area contributed by atoms with Gasteiger partial charge in [0.25, 0.3) is 0 Å². The summed E-state index contributed by atoms with van der Waals surface area (Å²) in [6.45, 7) is 7.43. The number of hydroxylamine groups is 1. The zero-order valence-corrected chi connectivity index (χ0v) is 14.8. The molecule has 0 bridgehead atoms. The van der Waals surface area contributed by atoms with Gasteiger partial charge in [-0.2, -0.15) is 9.87 Å². The minimum absolute atomic E-state index is 0.107. The van der Waals surface area contributed by atoms with E-state index in [1.165, 1.54) is 11.6 Å². The number of benzene rings is 1. The van der Waals surface area contributed by atoms with Crippen molar-refractivity contribution in [2.75, 3.05) is 13.3 Å². The fraction of sp³-hybridized carbons (Fsp3) is 0.421. The molecule has 0 saturated carbocycles. The summed E-state index contributed by atoms with van der Waals surface area (Å²) in [7, 11) is 0. The van der Waals surface area contributed by atoms with E-state index in [1.54, 1.807) is 12.3 Å². The van der Waals surface area contributed by atoms with Crippen LogP contribution in [-0.4, -0.2) is 28.4 Å². The highest BCUT2D eigenvalue weighted by molar-refractivity contribution is 5.22. The lowest BCUT2D eigenvalue weighted by Crippen LogP contribution is -2.27. The van der Waals surface area contributed by atoms with Crippen molar-refractivity contribution in [3.05, 3.63) is 65.2 Å². The molecule has 136 valence electrons. The first-order valence-electron chi connectivity index (χ1n) is 8.42. The quantitative estimate of drug-likeness (QED) is 0.299. The third kappa shape index (κ3) is 7.27. The van der Waals surface area contributed by atoms with E-state index in [-0.39, 0.29) is 6.73 Å². The molecule has 0 spiro atoms. The number of pyridine rings is 1. The molecule has 1 aromatic heterocycles. The van der Waals surface area contributed by atoms with Gasteiger partial charge >= 0.3 is 0 Å². The molecule has 0 saturated heterocycles. The summed E-state index contributed by atoms with van der Waals surface area (Å²) in [5.74, 6) is 0.0837. The van der Waals surface area contributed by atoms with Crippen molar-refractivity contribution in [3.8, 4) is 0 Å². The van der Waals surface area contributed by atoms with Gasteiger partial charge < -0.3 is 9.94 Å². The van der Waals surface area contributed by atoms with Crippen molar-refractivity contribution in [2.45, 2.75) is 33.5 Å². The van der Waals surface area contributed by atoms with Gasteiger partial charge in [0.2, 0.25) is 5.95 Å². The Balaban J connectivity index is 1.97. The average Bonchev–Trinajstić information content (AvgIpc) is 2.58. The highest BCUT2D eigenvalue weighted by Gasteiger charge is 2.10. The van der Waals surface area contributed by atoms with Crippen LogP contribution < -0.4 is 5.48 Å². The predicted molar refractivity (Wildman–Crippen MR) is 94.2 cm³/mol. The van der Waals surface area contributed by atoms with Gasteiger partial charge in [-0.25, -0.2) is 4.98 Å². The van der Waals surface area contributed by atoms with Crippen molar-refractivity contribution in [2.24, 2.45) is 5.92 Å². The van der Waals surface area contributed by atoms with Gasteiger partial charge in [-0.05, 0) is 28.7 Å². The Morgan fingerprint density at radius 3 is 2.32 bits per heavy atom. The molecule has 0 aliphatic carbocycles. The molecule has 2 N–H and O–H groups in total. The Morgan fingerprint density at radius 2 is 1.72 bits per heavy atom. The predicted octanol–water partition coefficient (Wildman–Crippen LogP) is 3.33. The highest BCUT2D eigenvalue weighted by atomic mass is 19.1. The van der Waals surface area contributed by atoms with Crippen LogP contribution in [0, 0.1) is 11.9 Å². The number of hydrogen-bond acceptors (Lipinski definition) is 5. The first kappa shape index (κ1) is 19.5. The maximum Gasteiger partial charge on any atom is 0.212 e. The lowest BCUT2D eigenvalue weighted by atomic mass is 10.1. The van der Waals surface area contributed by atoms with Crippen molar-refractivity contribution in [1.82, 2.24) is 15.4 Å². The molecular weight excluding hydrogens is 321 g/mol. The summed E-state index contributed by atoms with van der Waals surface area (Å²) in [5, 5.41) is 8.49. The van der Waals surface area contributed by atoms with Crippen molar-refractivity contribution in [1.29, 1.82) is 0 Å². The third-order valence-electron chi connectivity index (χ3n) is 3.68. The molecule has 1 aromatic carbocycles. The average molecular weight is 347 g/mol. The second-order valence-corrected chi connectivity index (χ2v) is 6.52. The number of halogens is 1. The maximum absolute atomic E-state index is 13.0. The van der Waals surface area contributed by atoms with Crippen LogP contribution in [0.4, 0.5) is 4.39 Å². The summed E-state index contributed by atoms with van der Waals surface area (Å²) in [5.41, 5.74) is 5.23. The van der Waals surface area contributed by atoms with Crippen LogP contribution in [0.2, 0.25) is 0 Å². The molecule has 5 nitrogen and oxygen atoms in total. The smallest absolute Gasteiger partial charge is 0.212 e. The number of aromatic nitrogens is 1. The fourth-order valence-electron chi connectivity index (χ4n) is 2.67. The van der Waals surface area contributed by atoms with Gasteiger partial charge in [0, 0.05) is 25.8 Å². The zero-order chi connectivity index (χ0) is 18.1. The molecule has 0 fully saturated rings. The molecule has 0 amide bonds. The number of nitrogens with one attached hydrogen (secondary N) is 1. The van der Waals surface area contributed by atoms with Gasteiger partial charge in [0.1, 0.15) is 6.73 Å². The Bertz CT molecular complexity index is 618. The summed E-state index contributed by atoms with van der Waals surface area (Å²) >= 11 is 0. The van der Waals surface area contributed by atoms with E-state index >= 15 is 0 Å². The topological polar surface area (TPSA) is 57.6 Å². The summed E-state index contributed by atoms with van der Waals surface area (Å²) in [6, 6.07) is 11.4. The lowest BCUT2D eigenvalue weighted by molar-refractivity contribution is 0.0152. The molecule has 2 aromatic rings. The van der Waals surface area contributed by atoms with Gasteiger partial charge in [-0.15, -0.1) is 0 Å². The van der Waals surface area contributed by atoms with Gasteiger partial charge in [0.15, 0.2) is 0 Å². The highest BCUT2D eigenvalue weighted by Crippen LogP contribution is 2.13. The van der Waals surface area contributed by atoms with Gasteiger partial charge in [-0.1, -0.05) is 44.2 Å². The second-order valence-electron chi connectivity index (χ2n) is 6.52. The van der Waals surface area contributed by atoms with E-state index in [2.05, 4.69) is 35.9 Å². The number of ether oxygens (including phenoxy) is 1. The van der Waals surface area contributed by atoms with Crippen LogP contribution in [0.1, 0.15) is 30.5 Å². The first-order valence-corrected chi connectivity index (χ1v) is 8.42. The molecule has 0 aliphatic rings. The van der Waals surface area contributed by atoms with Crippen LogP contribution in [0.15, 0.2) is 42.6 Å². The van der Waals surface area contributed by atoms with E-state index in [0.717, 1.165) is 30.8 Å². The van der Waals surface area contributed by atoms with E-state index in [4.69, 9.17) is 9.94 Å². The lowest BCUT2D eigenvalue weighted by Gasteiger charge is -2.24. The SMILES string of the molecule is CC(C)CN(Cc1ccc(COCNO)cc1)Cc1ccc(F)nc1. The molecule has 0 aliphatic heterocycles. The van der Waals surface area contributed by atoms with E-state index < -0.39 is 5.95 Å². The minimum atomic E-state index is -0.451. The number of nitrogens with zero attached hydrogens (tertiary/aromatic N) is 2. The Hall–Kier alpha value is -1.86. The zero-order valence-electron chi connectivity index (χ0n) is 14.8. The van der Waals surface area contributed by atoms with Crippen LogP contribution in [0.25, 0.3) is 0 Å². The molecule has 2 rings (SSSR count). The summed E-state index contributed by atoms with van der Waals surface area (Å²) in [6.07, 6.45) is 1.60. The fourth-order valence-corrected chi connectivity index (χ4v) is 2.67.